The van der Waals surface area contributed by atoms with Crippen molar-refractivity contribution in [3.8, 4) is 0 Å². The number of nitrogens with zero attached hydrogens (tertiary/aromatic N) is 1. The van der Waals surface area contributed by atoms with Crippen molar-refractivity contribution < 1.29 is 4.79 Å². The molecule has 1 heterocycles. The van der Waals surface area contributed by atoms with Gasteiger partial charge in [-0.05, 0) is 31.2 Å². The van der Waals surface area contributed by atoms with Gasteiger partial charge < -0.3 is 20.9 Å². The Kier molecular flexibility index (Phi) is 6.57. The highest BCUT2D eigenvalue weighted by Crippen LogP contribution is 2.24. The van der Waals surface area contributed by atoms with Gasteiger partial charge in [0, 0.05) is 38.4 Å². The van der Waals surface area contributed by atoms with Crippen LogP contribution in [0.3, 0.4) is 0 Å². The van der Waals surface area contributed by atoms with E-state index in [0.29, 0.717) is 22.3 Å². The lowest BCUT2D eigenvalue weighted by Crippen LogP contribution is -2.44. The van der Waals surface area contributed by atoms with Crippen LogP contribution in [-0.2, 0) is 0 Å². The number of carbonyl (C=O) groups is 1. The van der Waals surface area contributed by atoms with E-state index in [2.05, 4.69) is 20.9 Å². The highest BCUT2D eigenvalue weighted by molar-refractivity contribution is 6.42. The first-order chi connectivity index (χ1) is 10.1. The number of rotatable bonds is 5. The molecule has 2 rings (SSSR count). The summed E-state index contributed by atoms with van der Waals surface area (Å²) in [5.74, 6) is 0. The number of anilines is 1. The lowest BCUT2D eigenvalue weighted by molar-refractivity contribution is 0.234. The Morgan fingerprint density at radius 1 is 1.24 bits per heavy atom. The molecule has 0 unspecified atom stereocenters. The Labute approximate surface area is 135 Å². The summed E-state index contributed by atoms with van der Waals surface area (Å²) in [6.45, 7) is 5.91. The zero-order valence-corrected chi connectivity index (χ0v) is 13.3. The van der Waals surface area contributed by atoms with E-state index in [4.69, 9.17) is 23.2 Å². The van der Waals surface area contributed by atoms with Crippen molar-refractivity contribution in [2.24, 2.45) is 0 Å². The molecule has 1 aliphatic heterocycles. The summed E-state index contributed by atoms with van der Waals surface area (Å²) in [4.78, 5) is 14.1. The summed E-state index contributed by atoms with van der Waals surface area (Å²) in [6, 6.07) is 4.77. The number of carbonyl (C=O) groups excluding carboxylic acids is 1. The Hall–Kier alpha value is -1.01. The van der Waals surface area contributed by atoms with E-state index in [0.717, 1.165) is 39.1 Å². The van der Waals surface area contributed by atoms with Gasteiger partial charge in [0.1, 0.15) is 0 Å². The van der Waals surface area contributed by atoms with Crippen LogP contribution in [0.4, 0.5) is 10.5 Å². The second-order valence-corrected chi connectivity index (χ2v) is 5.77. The third-order valence-electron chi connectivity index (χ3n) is 3.32. The van der Waals surface area contributed by atoms with Gasteiger partial charge in [0.2, 0.25) is 0 Å². The fourth-order valence-corrected chi connectivity index (χ4v) is 2.49. The smallest absolute Gasteiger partial charge is 0.319 e. The van der Waals surface area contributed by atoms with E-state index >= 15 is 0 Å². The second kappa shape index (κ2) is 8.44. The molecular weight excluding hydrogens is 311 g/mol. The van der Waals surface area contributed by atoms with E-state index < -0.39 is 0 Å². The highest BCUT2D eigenvalue weighted by atomic mass is 35.5. The molecule has 0 atom stereocenters. The molecule has 21 heavy (non-hydrogen) atoms. The average Bonchev–Trinajstić information content (AvgIpc) is 2.49. The second-order valence-electron chi connectivity index (χ2n) is 4.95. The topological polar surface area (TPSA) is 56.4 Å². The quantitative estimate of drug-likeness (QED) is 0.727. The SMILES string of the molecule is O=C(NCCCN1CCNCC1)Nc1ccc(Cl)c(Cl)c1. The maximum absolute atomic E-state index is 11.7. The van der Waals surface area contributed by atoms with Gasteiger partial charge >= 0.3 is 6.03 Å². The minimum Gasteiger partial charge on any atom is -0.338 e. The standard InChI is InChI=1S/C14H20Cl2N4O/c15-12-3-2-11(10-13(12)16)19-14(21)18-4-1-7-20-8-5-17-6-9-20/h2-3,10,17H,1,4-9H2,(H2,18,19,21). The van der Waals surface area contributed by atoms with Crippen molar-refractivity contribution in [3.63, 3.8) is 0 Å². The minimum absolute atomic E-state index is 0.228. The number of halogens is 2. The molecule has 1 fully saturated rings. The molecule has 0 bridgehead atoms. The molecule has 116 valence electrons. The number of hydrogen-bond acceptors (Lipinski definition) is 3. The van der Waals surface area contributed by atoms with Gasteiger partial charge in [-0.15, -0.1) is 0 Å². The number of benzene rings is 1. The molecule has 0 saturated carbocycles. The van der Waals surface area contributed by atoms with Gasteiger partial charge in [0.25, 0.3) is 0 Å². The normalized spacial score (nSPS) is 15.7. The molecule has 1 aromatic rings. The molecule has 1 saturated heterocycles. The van der Waals surface area contributed by atoms with Gasteiger partial charge in [0.05, 0.1) is 10.0 Å². The first-order valence-electron chi connectivity index (χ1n) is 7.08. The van der Waals surface area contributed by atoms with Gasteiger partial charge in [-0.25, -0.2) is 4.79 Å². The zero-order valence-electron chi connectivity index (χ0n) is 11.8. The summed E-state index contributed by atoms with van der Waals surface area (Å²) in [5, 5.41) is 9.78. The largest absolute Gasteiger partial charge is 0.338 e. The number of amides is 2. The predicted octanol–water partition coefficient (Wildman–Crippen LogP) is 2.41. The molecule has 0 spiro atoms. The lowest BCUT2D eigenvalue weighted by atomic mass is 10.3. The summed E-state index contributed by atoms with van der Waals surface area (Å²) >= 11 is 11.7. The first kappa shape index (κ1) is 16.4. The Bertz CT molecular complexity index is 478. The van der Waals surface area contributed by atoms with Crippen LogP contribution in [0.5, 0.6) is 0 Å². The number of urea groups is 1. The number of hydrogen-bond donors (Lipinski definition) is 3. The van der Waals surface area contributed by atoms with Gasteiger partial charge in [-0.2, -0.15) is 0 Å². The summed E-state index contributed by atoms with van der Waals surface area (Å²) in [6.07, 6.45) is 0.939. The molecule has 0 aromatic heterocycles. The van der Waals surface area contributed by atoms with Crippen LogP contribution in [-0.4, -0.2) is 50.2 Å². The van der Waals surface area contributed by atoms with Crippen LogP contribution in [0.25, 0.3) is 0 Å². The fraction of sp³-hybridized carbons (Fsp3) is 0.500. The minimum atomic E-state index is -0.228. The fourth-order valence-electron chi connectivity index (χ4n) is 2.19. The van der Waals surface area contributed by atoms with Crippen molar-refractivity contribution in [1.29, 1.82) is 0 Å². The molecule has 1 aromatic carbocycles. The van der Waals surface area contributed by atoms with Crippen molar-refractivity contribution >= 4 is 34.9 Å². The van der Waals surface area contributed by atoms with Crippen LogP contribution in [0.1, 0.15) is 6.42 Å². The van der Waals surface area contributed by atoms with Crippen LogP contribution in [0, 0.1) is 0 Å². The number of piperazine rings is 1. The zero-order chi connectivity index (χ0) is 15.1. The van der Waals surface area contributed by atoms with Crippen molar-refractivity contribution in [2.75, 3.05) is 44.6 Å². The maximum atomic E-state index is 11.7. The lowest BCUT2D eigenvalue weighted by Gasteiger charge is -2.27. The molecule has 5 nitrogen and oxygen atoms in total. The van der Waals surface area contributed by atoms with E-state index in [-0.39, 0.29) is 6.03 Å². The maximum Gasteiger partial charge on any atom is 0.319 e. The monoisotopic (exact) mass is 330 g/mol. The average molecular weight is 331 g/mol. The van der Waals surface area contributed by atoms with Gasteiger partial charge in [-0.1, -0.05) is 23.2 Å². The molecule has 3 N–H and O–H groups in total. The molecule has 1 aliphatic rings. The predicted molar refractivity (Wildman–Crippen MR) is 87.4 cm³/mol. The first-order valence-corrected chi connectivity index (χ1v) is 7.84. The Morgan fingerprint density at radius 3 is 2.71 bits per heavy atom. The Morgan fingerprint density at radius 2 is 2.00 bits per heavy atom. The van der Waals surface area contributed by atoms with E-state index in [1.807, 2.05) is 0 Å². The molecule has 7 heteroatoms. The Balaban J connectivity index is 1.63. The van der Waals surface area contributed by atoms with Crippen LogP contribution >= 0.6 is 23.2 Å². The highest BCUT2D eigenvalue weighted by Gasteiger charge is 2.09. The van der Waals surface area contributed by atoms with Gasteiger partial charge in [0.15, 0.2) is 0 Å². The molecule has 2 amide bonds. The molecule has 0 radical (unpaired) electrons. The summed E-state index contributed by atoms with van der Waals surface area (Å²) < 4.78 is 0. The van der Waals surface area contributed by atoms with E-state index in [1.165, 1.54) is 0 Å². The summed E-state index contributed by atoms with van der Waals surface area (Å²) in [5.41, 5.74) is 0.629. The summed E-state index contributed by atoms with van der Waals surface area (Å²) in [7, 11) is 0. The van der Waals surface area contributed by atoms with E-state index in [1.54, 1.807) is 18.2 Å². The van der Waals surface area contributed by atoms with Crippen LogP contribution < -0.4 is 16.0 Å². The van der Waals surface area contributed by atoms with Crippen LogP contribution in [0.15, 0.2) is 18.2 Å². The van der Waals surface area contributed by atoms with Gasteiger partial charge in [-0.3, -0.25) is 0 Å². The third-order valence-corrected chi connectivity index (χ3v) is 4.06. The number of nitrogens with one attached hydrogen (secondary N) is 3. The van der Waals surface area contributed by atoms with Crippen molar-refractivity contribution in [2.45, 2.75) is 6.42 Å². The van der Waals surface area contributed by atoms with Crippen molar-refractivity contribution in [3.05, 3.63) is 28.2 Å². The van der Waals surface area contributed by atoms with Crippen molar-refractivity contribution in [1.82, 2.24) is 15.5 Å². The van der Waals surface area contributed by atoms with E-state index in [9.17, 15) is 4.79 Å². The van der Waals surface area contributed by atoms with Crippen LogP contribution in [0.2, 0.25) is 10.0 Å². The molecular formula is C14H20Cl2N4O. The molecule has 0 aliphatic carbocycles. The third kappa shape index (κ3) is 5.71.